The fourth-order valence-electron chi connectivity index (χ4n) is 5.81. The lowest BCUT2D eigenvalue weighted by molar-refractivity contribution is -0.175. The minimum absolute atomic E-state index is 0.0305. The topological polar surface area (TPSA) is 111 Å². The molecule has 3 heterocycles. The maximum atomic E-state index is 15.5. The summed E-state index contributed by atoms with van der Waals surface area (Å²) in [6.07, 6.45) is 1.31. The molecule has 2 saturated heterocycles. The van der Waals surface area contributed by atoms with E-state index in [1.54, 1.807) is 26.0 Å². The largest absolute Gasteiger partial charge is 0.481 e. The molecule has 8 nitrogen and oxygen atoms in total. The highest BCUT2D eigenvalue weighted by atomic mass is 19.1. The van der Waals surface area contributed by atoms with Crippen molar-refractivity contribution < 1.29 is 33.1 Å². The van der Waals surface area contributed by atoms with E-state index in [4.69, 9.17) is 14.0 Å². The number of carbonyl (C=O) groups excluding carboxylic acids is 1. The van der Waals surface area contributed by atoms with Crippen LogP contribution in [0.15, 0.2) is 47.0 Å². The summed E-state index contributed by atoms with van der Waals surface area (Å²) in [4.78, 5) is 24.0. The molecule has 0 unspecified atom stereocenters. The molecule has 2 N–H and O–H groups in total. The number of rotatable bonds is 7. The van der Waals surface area contributed by atoms with Gasteiger partial charge in [0.15, 0.2) is 5.76 Å². The number of ether oxygens (including phenoxy) is 2. The van der Waals surface area contributed by atoms with Gasteiger partial charge in [0.2, 0.25) is 0 Å². The second-order valence-corrected chi connectivity index (χ2v) is 10.5. The Bertz CT molecular complexity index is 1360. The number of carbonyl (C=O) groups is 2. The fourth-order valence-corrected chi connectivity index (χ4v) is 5.81. The van der Waals surface area contributed by atoms with Crippen LogP contribution in [0.3, 0.4) is 0 Å². The first-order valence-electron chi connectivity index (χ1n) is 12.8. The fraction of sp³-hybridized carbons (Fsp3) is 0.414. The van der Waals surface area contributed by atoms with Gasteiger partial charge in [0.25, 0.3) is 0 Å². The Morgan fingerprint density at radius 2 is 1.89 bits per heavy atom. The summed E-state index contributed by atoms with van der Waals surface area (Å²) in [7, 11) is 0. The second-order valence-electron chi connectivity index (χ2n) is 10.5. The number of nitrogens with one attached hydrogen (secondary N) is 1. The van der Waals surface area contributed by atoms with Crippen molar-refractivity contribution in [1.29, 1.82) is 0 Å². The molecule has 3 fully saturated rings. The first-order valence-corrected chi connectivity index (χ1v) is 12.8. The zero-order chi connectivity index (χ0) is 27.1. The van der Waals surface area contributed by atoms with E-state index in [0.717, 1.165) is 11.1 Å². The van der Waals surface area contributed by atoms with Crippen LogP contribution in [0.4, 0.5) is 14.9 Å². The molecule has 2 bridgehead atoms. The number of aromatic nitrogens is 1. The van der Waals surface area contributed by atoms with Crippen LogP contribution in [0.2, 0.25) is 0 Å². The second kappa shape index (κ2) is 9.87. The minimum atomic E-state index is -0.879. The molecule has 0 spiro atoms. The number of benzene rings is 2. The summed E-state index contributed by atoms with van der Waals surface area (Å²) in [5, 5.41) is 15.9. The number of carboxylic acids is 1. The SMILES string of the molecule is Cc1ccccc1[C@@H](C)OC(=O)Nc1c(C)noc1-c1ccc(C23CCC(CC(=O)O)(CC2)OC3)c(F)c1. The van der Waals surface area contributed by atoms with Gasteiger partial charge in [0, 0.05) is 11.0 Å². The van der Waals surface area contributed by atoms with E-state index < -0.39 is 35.0 Å². The third-order valence-electron chi connectivity index (χ3n) is 8.05. The number of aryl methyl sites for hydroxylation is 2. The Hall–Kier alpha value is -3.72. The number of halogens is 1. The smallest absolute Gasteiger partial charge is 0.412 e. The first kappa shape index (κ1) is 25.9. The predicted octanol–water partition coefficient (Wildman–Crippen LogP) is 6.46. The number of amides is 1. The molecule has 1 aliphatic carbocycles. The van der Waals surface area contributed by atoms with E-state index in [9.17, 15) is 14.7 Å². The molecule has 38 heavy (non-hydrogen) atoms. The van der Waals surface area contributed by atoms with Gasteiger partial charge in [-0.2, -0.15) is 0 Å². The average molecular weight is 523 g/mol. The highest BCUT2D eigenvalue weighted by Gasteiger charge is 2.52. The van der Waals surface area contributed by atoms with Crippen molar-refractivity contribution in [2.75, 3.05) is 11.9 Å². The van der Waals surface area contributed by atoms with Gasteiger partial charge in [0.1, 0.15) is 23.3 Å². The maximum Gasteiger partial charge on any atom is 0.412 e. The summed E-state index contributed by atoms with van der Waals surface area (Å²) >= 11 is 0. The van der Waals surface area contributed by atoms with E-state index in [-0.39, 0.29) is 18.8 Å². The third kappa shape index (κ3) is 4.78. The van der Waals surface area contributed by atoms with E-state index in [1.165, 1.54) is 6.07 Å². The van der Waals surface area contributed by atoms with Crippen LogP contribution >= 0.6 is 0 Å². The van der Waals surface area contributed by atoms with Gasteiger partial charge in [-0.3, -0.25) is 10.1 Å². The molecule has 3 aliphatic rings. The molecule has 2 aromatic carbocycles. The van der Waals surface area contributed by atoms with Gasteiger partial charge in [-0.15, -0.1) is 0 Å². The van der Waals surface area contributed by atoms with Crippen molar-refractivity contribution in [3.05, 3.63) is 70.7 Å². The lowest BCUT2D eigenvalue weighted by Gasteiger charge is -2.53. The van der Waals surface area contributed by atoms with Crippen LogP contribution < -0.4 is 5.32 Å². The molecule has 0 radical (unpaired) electrons. The summed E-state index contributed by atoms with van der Waals surface area (Å²) in [6, 6.07) is 12.5. The van der Waals surface area contributed by atoms with Crippen LogP contribution in [0.1, 0.15) is 67.5 Å². The Balaban J connectivity index is 1.33. The van der Waals surface area contributed by atoms with Gasteiger partial charge >= 0.3 is 12.1 Å². The van der Waals surface area contributed by atoms with Crippen molar-refractivity contribution in [3.8, 4) is 11.3 Å². The lowest BCUT2D eigenvalue weighted by atomic mass is 9.62. The van der Waals surface area contributed by atoms with E-state index in [2.05, 4.69) is 10.5 Å². The molecule has 1 saturated carbocycles. The standard InChI is InChI=1S/C29H31FN2O6/c1-17-6-4-5-7-21(17)19(3)37-27(35)31-25-18(2)32-38-26(25)20-8-9-22(23(30)14-20)28-10-12-29(13-11-28,36-16-28)15-24(33)34/h4-9,14,19H,10-13,15-16H2,1-3H3,(H,31,35)(H,33,34)/t19-,28?,29?/m1/s1. The molecule has 1 amide bonds. The summed E-state index contributed by atoms with van der Waals surface area (Å²) in [5.41, 5.74) is 2.50. The van der Waals surface area contributed by atoms with Gasteiger partial charge in [-0.25, -0.2) is 9.18 Å². The van der Waals surface area contributed by atoms with Crippen molar-refractivity contribution in [2.24, 2.45) is 0 Å². The van der Waals surface area contributed by atoms with Crippen LogP contribution in [-0.4, -0.2) is 34.5 Å². The third-order valence-corrected chi connectivity index (χ3v) is 8.05. The summed E-state index contributed by atoms with van der Waals surface area (Å²) < 4.78 is 32.6. The zero-order valence-corrected chi connectivity index (χ0v) is 21.7. The maximum absolute atomic E-state index is 15.5. The highest BCUT2D eigenvalue weighted by Crippen LogP contribution is 2.52. The van der Waals surface area contributed by atoms with Crippen LogP contribution in [-0.2, 0) is 19.7 Å². The quantitative estimate of drug-likeness (QED) is 0.366. The van der Waals surface area contributed by atoms with E-state index >= 15 is 4.39 Å². The molecular formula is C29H31FN2O6. The molecule has 1 atom stereocenters. The number of anilines is 1. The van der Waals surface area contributed by atoms with Crippen LogP contribution in [0.25, 0.3) is 11.3 Å². The number of fused-ring (bicyclic) bond motifs is 3. The Morgan fingerprint density at radius 3 is 2.53 bits per heavy atom. The average Bonchev–Trinajstić information content (AvgIpc) is 3.24. The molecule has 3 aromatic rings. The van der Waals surface area contributed by atoms with Crippen LogP contribution in [0, 0.1) is 19.7 Å². The summed E-state index contributed by atoms with van der Waals surface area (Å²) in [6.45, 7) is 5.71. The van der Waals surface area contributed by atoms with Crippen molar-refractivity contribution in [2.45, 2.75) is 70.0 Å². The molecule has 200 valence electrons. The molecule has 9 heteroatoms. The Morgan fingerprint density at radius 1 is 1.16 bits per heavy atom. The van der Waals surface area contributed by atoms with Crippen molar-refractivity contribution in [3.63, 3.8) is 0 Å². The predicted molar refractivity (Wildman–Crippen MR) is 137 cm³/mol. The number of nitrogens with zero attached hydrogens (tertiary/aromatic N) is 1. The van der Waals surface area contributed by atoms with Gasteiger partial charge in [-0.05, 0) is 69.2 Å². The van der Waals surface area contributed by atoms with Gasteiger partial charge < -0.3 is 19.1 Å². The number of hydrogen-bond donors (Lipinski definition) is 2. The van der Waals surface area contributed by atoms with Gasteiger partial charge in [-0.1, -0.05) is 41.6 Å². The highest BCUT2D eigenvalue weighted by molar-refractivity contribution is 5.90. The first-order chi connectivity index (χ1) is 18.1. The Kier molecular flexibility index (Phi) is 6.73. The zero-order valence-electron chi connectivity index (χ0n) is 21.7. The normalized spacial score (nSPS) is 23.2. The summed E-state index contributed by atoms with van der Waals surface area (Å²) in [5.74, 6) is -1.06. The molecule has 6 rings (SSSR count). The van der Waals surface area contributed by atoms with Crippen LogP contribution in [0.5, 0.6) is 0 Å². The lowest BCUT2D eigenvalue weighted by Crippen LogP contribution is -2.54. The monoisotopic (exact) mass is 522 g/mol. The number of hydrogen-bond acceptors (Lipinski definition) is 6. The Labute approximate surface area is 220 Å². The van der Waals surface area contributed by atoms with Crippen molar-refractivity contribution in [1.82, 2.24) is 5.16 Å². The molecule has 1 aromatic heterocycles. The minimum Gasteiger partial charge on any atom is -0.481 e. The van der Waals surface area contributed by atoms with Gasteiger partial charge in [0.05, 0.1) is 18.6 Å². The van der Waals surface area contributed by atoms with E-state index in [0.29, 0.717) is 48.2 Å². The molecule has 2 aliphatic heterocycles. The van der Waals surface area contributed by atoms with Crippen molar-refractivity contribution >= 4 is 17.7 Å². The number of carboxylic acid groups (broad SMARTS) is 1. The molecular weight excluding hydrogens is 491 g/mol. The van der Waals surface area contributed by atoms with E-state index in [1.807, 2.05) is 31.2 Å². The number of aliphatic carboxylic acids is 1.